The van der Waals surface area contributed by atoms with E-state index < -0.39 is 0 Å². The van der Waals surface area contributed by atoms with Gasteiger partial charge >= 0.3 is 0 Å². The molecule has 2 heterocycles. The highest BCUT2D eigenvalue weighted by atomic mass is 35.5. The van der Waals surface area contributed by atoms with E-state index in [0.717, 1.165) is 35.4 Å². The van der Waals surface area contributed by atoms with Gasteiger partial charge in [0, 0.05) is 12.1 Å². The normalized spacial score (nSPS) is 17.9. The second kappa shape index (κ2) is 7.02. The molecule has 1 amide bonds. The summed E-state index contributed by atoms with van der Waals surface area (Å²) in [5, 5.41) is 6.28. The first-order valence-corrected chi connectivity index (χ1v) is 7.53. The molecule has 4 nitrogen and oxygen atoms in total. The standard InChI is InChI=1S/C14H17N3OS.ClH/c18-14(4-1-10-5-6-15-8-10)17-11-2-3-13-12(7-11)16-9-19-13;/h2-3,7,9-10,15H,1,4-6,8H2,(H,17,18);1H. The molecule has 0 aliphatic carbocycles. The molecule has 108 valence electrons. The van der Waals surface area contributed by atoms with E-state index in [2.05, 4.69) is 15.6 Å². The van der Waals surface area contributed by atoms with Crippen LogP contribution in [0.15, 0.2) is 23.7 Å². The van der Waals surface area contributed by atoms with Crippen molar-refractivity contribution in [2.75, 3.05) is 18.4 Å². The highest BCUT2D eigenvalue weighted by molar-refractivity contribution is 7.16. The first kappa shape index (κ1) is 15.2. The molecule has 1 aliphatic heterocycles. The van der Waals surface area contributed by atoms with Crippen LogP contribution in [0.2, 0.25) is 0 Å². The van der Waals surface area contributed by atoms with E-state index in [-0.39, 0.29) is 18.3 Å². The van der Waals surface area contributed by atoms with Crippen molar-refractivity contribution >= 4 is 45.6 Å². The third-order valence-electron chi connectivity index (χ3n) is 3.56. The first-order chi connectivity index (χ1) is 9.31. The molecule has 0 radical (unpaired) electrons. The quantitative estimate of drug-likeness (QED) is 0.912. The van der Waals surface area contributed by atoms with E-state index in [0.29, 0.717) is 12.3 Å². The van der Waals surface area contributed by atoms with E-state index in [1.54, 1.807) is 11.3 Å². The fourth-order valence-electron chi connectivity index (χ4n) is 2.46. The van der Waals surface area contributed by atoms with Crippen LogP contribution in [-0.4, -0.2) is 24.0 Å². The lowest BCUT2D eigenvalue weighted by Gasteiger charge is -2.08. The Morgan fingerprint density at radius 2 is 2.40 bits per heavy atom. The number of halogens is 1. The lowest BCUT2D eigenvalue weighted by atomic mass is 10.0. The number of thiazole rings is 1. The summed E-state index contributed by atoms with van der Waals surface area (Å²) in [7, 11) is 0. The van der Waals surface area contributed by atoms with Crippen molar-refractivity contribution < 1.29 is 4.79 Å². The van der Waals surface area contributed by atoms with Crippen LogP contribution in [0.4, 0.5) is 5.69 Å². The zero-order chi connectivity index (χ0) is 13.1. The molecular weight excluding hydrogens is 294 g/mol. The van der Waals surface area contributed by atoms with Crippen LogP contribution in [0.5, 0.6) is 0 Å². The van der Waals surface area contributed by atoms with Crippen molar-refractivity contribution in [2.45, 2.75) is 19.3 Å². The SMILES string of the molecule is Cl.O=C(CCC1CCNC1)Nc1ccc2scnc2c1. The fraction of sp³-hybridized carbons (Fsp3) is 0.429. The van der Waals surface area contributed by atoms with Crippen LogP contribution in [0.1, 0.15) is 19.3 Å². The summed E-state index contributed by atoms with van der Waals surface area (Å²) in [6, 6.07) is 5.87. The molecule has 1 aromatic heterocycles. The maximum absolute atomic E-state index is 11.9. The minimum atomic E-state index is 0. The van der Waals surface area contributed by atoms with Gasteiger partial charge in [-0.1, -0.05) is 0 Å². The Labute approximate surface area is 128 Å². The topological polar surface area (TPSA) is 54.0 Å². The summed E-state index contributed by atoms with van der Waals surface area (Å²) in [6.45, 7) is 2.14. The monoisotopic (exact) mass is 311 g/mol. The molecule has 1 aliphatic rings. The Hall–Kier alpha value is -1.17. The van der Waals surface area contributed by atoms with Crippen LogP contribution >= 0.6 is 23.7 Å². The van der Waals surface area contributed by atoms with Crippen molar-refractivity contribution in [3.05, 3.63) is 23.7 Å². The lowest BCUT2D eigenvalue weighted by molar-refractivity contribution is -0.116. The molecule has 2 N–H and O–H groups in total. The second-order valence-corrected chi connectivity index (χ2v) is 5.87. The van der Waals surface area contributed by atoms with Crippen LogP contribution in [-0.2, 0) is 4.79 Å². The van der Waals surface area contributed by atoms with Gasteiger partial charge in [-0.05, 0) is 50.0 Å². The minimum absolute atomic E-state index is 0. The third-order valence-corrected chi connectivity index (χ3v) is 4.37. The number of anilines is 1. The van der Waals surface area contributed by atoms with E-state index in [4.69, 9.17) is 0 Å². The van der Waals surface area contributed by atoms with Gasteiger partial charge in [-0.3, -0.25) is 4.79 Å². The van der Waals surface area contributed by atoms with Gasteiger partial charge in [0.15, 0.2) is 0 Å². The Bertz CT molecular complexity index is 581. The van der Waals surface area contributed by atoms with Crippen molar-refractivity contribution in [2.24, 2.45) is 5.92 Å². The second-order valence-electron chi connectivity index (χ2n) is 4.98. The zero-order valence-corrected chi connectivity index (χ0v) is 12.7. The minimum Gasteiger partial charge on any atom is -0.326 e. The summed E-state index contributed by atoms with van der Waals surface area (Å²) in [4.78, 5) is 16.1. The molecule has 2 aromatic rings. The summed E-state index contributed by atoms with van der Waals surface area (Å²) in [6.07, 6.45) is 2.76. The molecule has 3 rings (SSSR count). The summed E-state index contributed by atoms with van der Waals surface area (Å²) in [5.41, 5.74) is 3.61. The molecule has 20 heavy (non-hydrogen) atoms. The average Bonchev–Trinajstić information content (AvgIpc) is 3.07. The van der Waals surface area contributed by atoms with Gasteiger partial charge < -0.3 is 10.6 Å². The molecule has 0 bridgehead atoms. The van der Waals surface area contributed by atoms with Crippen molar-refractivity contribution in [1.29, 1.82) is 0 Å². The number of hydrogen-bond donors (Lipinski definition) is 2. The Balaban J connectivity index is 0.00000147. The van der Waals surface area contributed by atoms with Crippen molar-refractivity contribution in [1.82, 2.24) is 10.3 Å². The Morgan fingerprint density at radius 1 is 1.50 bits per heavy atom. The Kier molecular flexibility index (Phi) is 5.34. The number of carbonyl (C=O) groups excluding carboxylic acids is 1. The number of hydrogen-bond acceptors (Lipinski definition) is 4. The number of benzene rings is 1. The van der Waals surface area contributed by atoms with Crippen molar-refractivity contribution in [3.63, 3.8) is 0 Å². The molecule has 1 aromatic carbocycles. The van der Waals surface area contributed by atoms with Crippen LogP contribution in [0, 0.1) is 5.92 Å². The summed E-state index contributed by atoms with van der Waals surface area (Å²) >= 11 is 1.61. The van der Waals surface area contributed by atoms with Gasteiger partial charge in [0.1, 0.15) is 0 Å². The van der Waals surface area contributed by atoms with Gasteiger partial charge in [0.25, 0.3) is 0 Å². The number of amides is 1. The highest BCUT2D eigenvalue weighted by Gasteiger charge is 2.15. The lowest BCUT2D eigenvalue weighted by Crippen LogP contribution is -2.14. The summed E-state index contributed by atoms with van der Waals surface area (Å²) in [5.74, 6) is 0.758. The molecular formula is C14H18ClN3OS. The number of aromatic nitrogens is 1. The zero-order valence-electron chi connectivity index (χ0n) is 11.1. The van der Waals surface area contributed by atoms with Gasteiger partial charge in [0.05, 0.1) is 15.7 Å². The van der Waals surface area contributed by atoms with Crippen LogP contribution < -0.4 is 10.6 Å². The number of nitrogens with one attached hydrogen (secondary N) is 2. The molecule has 0 saturated carbocycles. The predicted molar refractivity (Wildman–Crippen MR) is 85.7 cm³/mol. The fourth-order valence-corrected chi connectivity index (χ4v) is 3.11. The highest BCUT2D eigenvalue weighted by Crippen LogP contribution is 2.22. The largest absolute Gasteiger partial charge is 0.326 e. The van der Waals surface area contributed by atoms with Crippen LogP contribution in [0.3, 0.4) is 0 Å². The first-order valence-electron chi connectivity index (χ1n) is 6.65. The van der Waals surface area contributed by atoms with Gasteiger partial charge in [-0.2, -0.15) is 0 Å². The molecule has 1 unspecified atom stereocenters. The maximum atomic E-state index is 11.9. The molecule has 1 fully saturated rings. The van der Waals surface area contributed by atoms with E-state index in [9.17, 15) is 4.79 Å². The smallest absolute Gasteiger partial charge is 0.224 e. The summed E-state index contributed by atoms with van der Waals surface area (Å²) < 4.78 is 1.15. The van der Waals surface area contributed by atoms with Gasteiger partial charge in [-0.15, -0.1) is 23.7 Å². The third kappa shape index (κ3) is 3.69. The van der Waals surface area contributed by atoms with Crippen LogP contribution in [0.25, 0.3) is 10.2 Å². The molecule has 1 atom stereocenters. The van der Waals surface area contributed by atoms with Crippen molar-refractivity contribution in [3.8, 4) is 0 Å². The number of nitrogens with zero attached hydrogens (tertiary/aromatic N) is 1. The molecule has 6 heteroatoms. The average molecular weight is 312 g/mol. The number of carbonyl (C=O) groups is 1. The Morgan fingerprint density at radius 3 is 3.20 bits per heavy atom. The van der Waals surface area contributed by atoms with Gasteiger partial charge in [0.2, 0.25) is 5.91 Å². The molecule has 1 saturated heterocycles. The van der Waals surface area contributed by atoms with Gasteiger partial charge in [-0.25, -0.2) is 4.98 Å². The van der Waals surface area contributed by atoms with E-state index in [1.165, 1.54) is 6.42 Å². The van der Waals surface area contributed by atoms with E-state index in [1.807, 2.05) is 23.7 Å². The maximum Gasteiger partial charge on any atom is 0.224 e. The molecule has 0 spiro atoms. The number of rotatable bonds is 4. The number of fused-ring (bicyclic) bond motifs is 1. The predicted octanol–water partition coefficient (Wildman–Crippen LogP) is 3.05. The van der Waals surface area contributed by atoms with E-state index >= 15 is 0 Å².